The maximum absolute atomic E-state index is 12.8. The van der Waals surface area contributed by atoms with E-state index in [0.29, 0.717) is 17.9 Å². The molecule has 1 aromatic carbocycles. The normalized spacial score (nSPS) is 10.7. The van der Waals surface area contributed by atoms with Crippen LogP contribution in [0.2, 0.25) is 0 Å². The maximum atomic E-state index is 12.8. The number of anilines is 1. The van der Waals surface area contributed by atoms with Crippen LogP contribution in [0.25, 0.3) is 11.1 Å². The number of nitrogens with two attached hydrogens (primary N) is 1. The van der Waals surface area contributed by atoms with Crippen LogP contribution in [0.3, 0.4) is 0 Å². The molecular weight excluding hydrogens is 326 g/mol. The molecule has 0 unspecified atom stereocenters. The van der Waals surface area contributed by atoms with Crippen molar-refractivity contribution >= 4 is 11.7 Å². The smallest absolute Gasteiger partial charge is 0.254 e. The lowest BCUT2D eigenvalue weighted by molar-refractivity contribution is 0.0780. The highest BCUT2D eigenvalue weighted by molar-refractivity contribution is 5.95. The van der Waals surface area contributed by atoms with E-state index < -0.39 is 0 Å². The maximum Gasteiger partial charge on any atom is 0.254 e. The number of carbonyl (C=O) groups is 1. The van der Waals surface area contributed by atoms with Gasteiger partial charge in [-0.1, -0.05) is 12.1 Å². The van der Waals surface area contributed by atoms with Crippen molar-refractivity contribution in [1.82, 2.24) is 19.4 Å². The fourth-order valence-electron chi connectivity index (χ4n) is 2.92. The third-order valence-corrected chi connectivity index (χ3v) is 4.35. The fourth-order valence-corrected chi connectivity index (χ4v) is 2.92. The van der Waals surface area contributed by atoms with Crippen LogP contribution >= 0.6 is 0 Å². The molecule has 0 aliphatic heterocycles. The molecule has 6 nitrogen and oxygen atoms in total. The number of hydrogen-bond donors (Lipinski definition) is 1. The number of imidazole rings is 1. The third kappa shape index (κ3) is 3.59. The zero-order valence-electron chi connectivity index (χ0n) is 15.3. The van der Waals surface area contributed by atoms with Crippen LogP contribution in [-0.2, 0) is 13.1 Å². The van der Waals surface area contributed by atoms with Crippen LogP contribution < -0.4 is 5.73 Å². The van der Waals surface area contributed by atoms with Crippen molar-refractivity contribution in [3.63, 3.8) is 0 Å². The molecule has 134 valence electrons. The average molecular weight is 349 g/mol. The summed E-state index contributed by atoms with van der Waals surface area (Å²) in [5.74, 6) is 1.27. The lowest BCUT2D eigenvalue weighted by atomic mass is 10.0. The molecule has 0 saturated heterocycles. The molecule has 2 aromatic heterocycles. The van der Waals surface area contributed by atoms with Gasteiger partial charge in [0.25, 0.3) is 5.91 Å². The van der Waals surface area contributed by atoms with Gasteiger partial charge in [0.2, 0.25) is 0 Å². The standard InChI is InChI=1S/C20H23N5O/c1-4-25-11-10-22-18(25)13-24(3)20(26)16-7-5-6-15(12-16)17-9-8-14(2)23-19(17)21/h5-12H,4,13H2,1-3H3,(H2,21,23). The number of benzene rings is 1. The zero-order valence-corrected chi connectivity index (χ0v) is 15.3. The van der Waals surface area contributed by atoms with Crippen molar-refractivity contribution in [2.24, 2.45) is 0 Å². The topological polar surface area (TPSA) is 77.0 Å². The van der Waals surface area contributed by atoms with Crippen LogP contribution in [0, 0.1) is 6.92 Å². The highest BCUT2D eigenvalue weighted by Crippen LogP contribution is 2.25. The van der Waals surface area contributed by atoms with Crippen LogP contribution in [0.5, 0.6) is 0 Å². The van der Waals surface area contributed by atoms with Crippen molar-refractivity contribution in [3.8, 4) is 11.1 Å². The predicted molar refractivity (Wildman–Crippen MR) is 103 cm³/mol. The van der Waals surface area contributed by atoms with Crippen LogP contribution in [0.4, 0.5) is 5.82 Å². The number of nitrogen functional groups attached to an aromatic ring is 1. The monoisotopic (exact) mass is 349 g/mol. The van der Waals surface area contributed by atoms with Gasteiger partial charge in [-0.25, -0.2) is 9.97 Å². The summed E-state index contributed by atoms with van der Waals surface area (Å²) in [6.45, 7) is 5.23. The Balaban J connectivity index is 1.84. The molecule has 1 amide bonds. The summed E-state index contributed by atoms with van der Waals surface area (Å²) in [7, 11) is 1.78. The summed E-state index contributed by atoms with van der Waals surface area (Å²) in [4.78, 5) is 23.1. The molecule has 6 heteroatoms. The Labute approximate surface area is 153 Å². The molecule has 2 heterocycles. The summed E-state index contributed by atoms with van der Waals surface area (Å²) in [5.41, 5.74) is 9.23. The Hall–Kier alpha value is -3.15. The number of aryl methyl sites for hydroxylation is 2. The lowest BCUT2D eigenvalue weighted by Gasteiger charge is -2.18. The van der Waals surface area contributed by atoms with E-state index in [0.717, 1.165) is 29.2 Å². The van der Waals surface area contributed by atoms with Crippen LogP contribution in [-0.4, -0.2) is 32.4 Å². The molecular formula is C20H23N5O. The van der Waals surface area contributed by atoms with Gasteiger partial charge < -0.3 is 15.2 Å². The number of carbonyl (C=O) groups excluding carboxylic acids is 1. The number of pyridine rings is 1. The van der Waals surface area contributed by atoms with Crippen molar-refractivity contribution in [1.29, 1.82) is 0 Å². The Morgan fingerprint density at radius 3 is 2.81 bits per heavy atom. The fraction of sp³-hybridized carbons (Fsp3) is 0.250. The molecule has 26 heavy (non-hydrogen) atoms. The Bertz CT molecular complexity index is 931. The number of aromatic nitrogens is 3. The molecule has 0 radical (unpaired) electrons. The van der Waals surface area contributed by atoms with E-state index in [-0.39, 0.29) is 5.91 Å². The molecule has 0 fully saturated rings. The summed E-state index contributed by atoms with van der Waals surface area (Å²) < 4.78 is 2.03. The largest absolute Gasteiger partial charge is 0.383 e. The first-order chi connectivity index (χ1) is 12.5. The van der Waals surface area contributed by atoms with E-state index >= 15 is 0 Å². The molecule has 3 aromatic rings. The number of rotatable bonds is 5. The average Bonchev–Trinajstić information content (AvgIpc) is 3.08. The van der Waals surface area contributed by atoms with Gasteiger partial charge >= 0.3 is 0 Å². The Morgan fingerprint density at radius 2 is 2.08 bits per heavy atom. The van der Waals surface area contributed by atoms with Crippen molar-refractivity contribution in [3.05, 3.63) is 65.9 Å². The third-order valence-electron chi connectivity index (χ3n) is 4.35. The molecule has 0 atom stereocenters. The highest BCUT2D eigenvalue weighted by Gasteiger charge is 2.15. The van der Waals surface area contributed by atoms with Gasteiger partial charge in [0, 0.05) is 42.8 Å². The van der Waals surface area contributed by atoms with E-state index in [1.807, 2.05) is 54.1 Å². The summed E-state index contributed by atoms with van der Waals surface area (Å²) in [6, 6.07) is 11.3. The number of amides is 1. The molecule has 2 N–H and O–H groups in total. The molecule has 0 saturated carbocycles. The van der Waals surface area contributed by atoms with Gasteiger partial charge in [-0.15, -0.1) is 0 Å². The van der Waals surface area contributed by atoms with Crippen molar-refractivity contribution < 1.29 is 4.79 Å². The first kappa shape index (κ1) is 17.7. The van der Waals surface area contributed by atoms with Crippen LogP contribution in [0.15, 0.2) is 48.8 Å². The Kier molecular flexibility index (Phi) is 5.02. The summed E-state index contributed by atoms with van der Waals surface area (Å²) in [6.07, 6.45) is 3.67. The lowest BCUT2D eigenvalue weighted by Crippen LogP contribution is -2.27. The number of nitrogens with zero attached hydrogens (tertiary/aromatic N) is 4. The van der Waals surface area contributed by atoms with Gasteiger partial charge in [0.15, 0.2) is 0 Å². The first-order valence-corrected chi connectivity index (χ1v) is 8.58. The first-order valence-electron chi connectivity index (χ1n) is 8.58. The second-order valence-corrected chi connectivity index (χ2v) is 6.26. The van der Waals surface area contributed by atoms with Gasteiger partial charge in [-0.2, -0.15) is 0 Å². The van der Waals surface area contributed by atoms with Crippen LogP contribution in [0.1, 0.15) is 28.8 Å². The van der Waals surface area contributed by atoms with Crippen molar-refractivity contribution in [2.45, 2.75) is 26.9 Å². The van der Waals surface area contributed by atoms with Crippen molar-refractivity contribution in [2.75, 3.05) is 12.8 Å². The van der Waals surface area contributed by atoms with Gasteiger partial charge in [0.1, 0.15) is 11.6 Å². The molecule has 0 spiro atoms. The number of hydrogen-bond acceptors (Lipinski definition) is 4. The Morgan fingerprint density at radius 1 is 1.27 bits per heavy atom. The van der Waals surface area contributed by atoms with E-state index in [1.165, 1.54) is 0 Å². The molecule has 3 rings (SSSR count). The van der Waals surface area contributed by atoms with Gasteiger partial charge in [0.05, 0.1) is 6.54 Å². The minimum absolute atomic E-state index is 0.0591. The molecule has 0 aliphatic rings. The molecule has 0 aliphatic carbocycles. The quantitative estimate of drug-likeness (QED) is 0.768. The van der Waals surface area contributed by atoms with E-state index in [1.54, 1.807) is 18.1 Å². The summed E-state index contributed by atoms with van der Waals surface area (Å²) >= 11 is 0. The van der Waals surface area contributed by atoms with E-state index in [9.17, 15) is 4.79 Å². The minimum atomic E-state index is -0.0591. The van der Waals surface area contributed by atoms with Gasteiger partial charge in [-0.3, -0.25) is 4.79 Å². The van der Waals surface area contributed by atoms with E-state index in [2.05, 4.69) is 16.9 Å². The second-order valence-electron chi connectivity index (χ2n) is 6.26. The predicted octanol–water partition coefficient (Wildman–Crippen LogP) is 3.13. The molecule has 0 bridgehead atoms. The summed E-state index contributed by atoms with van der Waals surface area (Å²) in [5, 5.41) is 0. The second kappa shape index (κ2) is 7.39. The zero-order chi connectivity index (χ0) is 18.7. The minimum Gasteiger partial charge on any atom is -0.383 e. The van der Waals surface area contributed by atoms with E-state index in [4.69, 9.17) is 5.73 Å². The SMILES string of the molecule is CCn1ccnc1CN(C)C(=O)c1cccc(-c2ccc(C)nc2N)c1. The van der Waals surface area contributed by atoms with Gasteiger partial charge in [-0.05, 0) is 43.7 Å². The highest BCUT2D eigenvalue weighted by atomic mass is 16.2.